The summed E-state index contributed by atoms with van der Waals surface area (Å²) < 4.78 is 19.5. The van der Waals surface area contributed by atoms with Crippen molar-refractivity contribution in [2.75, 3.05) is 26.2 Å². The van der Waals surface area contributed by atoms with E-state index < -0.39 is 43.0 Å². The van der Waals surface area contributed by atoms with E-state index in [2.05, 4.69) is 12.2 Å². The summed E-state index contributed by atoms with van der Waals surface area (Å²) in [7, 11) is 0. The normalized spacial score (nSPS) is 32.9. The lowest BCUT2D eigenvalue weighted by Gasteiger charge is -2.54. The predicted molar refractivity (Wildman–Crippen MR) is 136 cm³/mol. The molecule has 0 spiro atoms. The summed E-state index contributed by atoms with van der Waals surface area (Å²) in [6.45, 7) is 2.06. The van der Waals surface area contributed by atoms with Gasteiger partial charge in [0.15, 0.2) is 12.0 Å². The molecule has 204 valence electrons. The summed E-state index contributed by atoms with van der Waals surface area (Å²) in [5.41, 5.74) is -1.99. The van der Waals surface area contributed by atoms with Crippen molar-refractivity contribution in [3.8, 4) is 5.75 Å². The average molecular weight is 510 g/mol. The first-order valence-electron chi connectivity index (χ1n) is 13.8. The second-order valence-corrected chi connectivity index (χ2v) is 9.66. The Hall–Kier alpha value is -1.56. The molecule has 2 fully saturated rings. The van der Waals surface area contributed by atoms with Crippen molar-refractivity contribution in [2.45, 2.75) is 94.7 Å². The van der Waals surface area contributed by atoms with Crippen LogP contribution in [0.3, 0.4) is 0 Å². The number of nitrogens with zero attached hydrogens (tertiary/aromatic N) is 1. The lowest BCUT2D eigenvalue weighted by atomic mass is 9.84. The number of piperazine rings is 1. The number of nitrogens with one attached hydrogen (secondary N) is 1. The van der Waals surface area contributed by atoms with E-state index in [1.807, 2.05) is 6.08 Å². The summed E-state index contributed by atoms with van der Waals surface area (Å²) >= 11 is 0. The zero-order valence-electron chi connectivity index (χ0n) is 22.2. The number of unbranched alkanes of at least 4 members (excludes halogenated alkanes) is 7. The third-order valence-corrected chi connectivity index (χ3v) is 6.96. The Morgan fingerprint density at radius 1 is 1.19 bits per heavy atom. The molecule has 36 heavy (non-hydrogen) atoms. The predicted octanol–water partition coefficient (Wildman–Crippen LogP) is 1.79. The molecule has 9 nitrogen and oxygen atoms in total. The minimum absolute atomic E-state index is 0.170. The van der Waals surface area contributed by atoms with Gasteiger partial charge in [0.2, 0.25) is 0 Å². The van der Waals surface area contributed by atoms with Gasteiger partial charge < -0.3 is 40.3 Å². The van der Waals surface area contributed by atoms with Gasteiger partial charge in [-0.25, -0.2) is 0 Å². The van der Waals surface area contributed by atoms with Crippen molar-refractivity contribution in [1.82, 2.24) is 10.2 Å². The molecule has 0 amide bonds. The van der Waals surface area contributed by atoms with E-state index in [4.69, 9.17) is 10.8 Å². The van der Waals surface area contributed by atoms with Crippen LogP contribution in [0.2, 0.25) is 0 Å². The van der Waals surface area contributed by atoms with Gasteiger partial charge in [0.1, 0.15) is 30.2 Å². The van der Waals surface area contributed by atoms with Crippen LogP contribution in [0, 0.1) is 0 Å². The summed E-state index contributed by atoms with van der Waals surface area (Å²) in [5, 5.41) is 57.0. The Morgan fingerprint density at radius 3 is 2.69 bits per heavy atom. The molecule has 0 saturated carbocycles. The fourth-order valence-electron chi connectivity index (χ4n) is 4.80. The lowest BCUT2D eigenvalue weighted by Crippen LogP contribution is -2.75. The first-order chi connectivity index (χ1) is 17.8. The molecule has 2 heterocycles. The van der Waals surface area contributed by atoms with Gasteiger partial charge in [0.25, 0.3) is 0 Å². The highest BCUT2D eigenvalue weighted by molar-refractivity contribution is 5.31. The van der Waals surface area contributed by atoms with Crippen LogP contribution in [-0.4, -0.2) is 86.9 Å². The highest BCUT2D eigenvalue weighted by Gasteiger charge is 2.60. The fraction of sp³-hybridized carbons (Fsp3) is 0.704. The lowest BCUT2D eigenvalue weighted by molar-refractivity contribution is -0.367. The maximum Gasteiger partial charge on any atom is 0.184 e. The van der Waals surface area contributed by atoms with Gasteiger partial charge in [0, 0.05) is 27.5 Å². The monoisotopic (exact) mass is 509 g/mol. The second-order valence-electron chi connectivity index (χ2n) is 9.66. The van der Waals surface area contributed by atoms with Gasteiger partial charge in [-0.2, -0.15) is 0 Å². The van der Waals surface area contributed by atoms with Crippen molar-refractivity contribution in [2.24, 2.45) is 0 Å². The largest absolute Gasteiger partial charge is 0.465 e. The Kier molecular flexibility index (Phi) is 11.0. The van der Waals surface area contributed by atoms with Gasteiger partial charge in [-0.15, -0.1) is 0 Å². The molecule has 6 N–H and O–H groups in total. The van der Waals surface area contributed by atoms with Crippen molar-refractivity contribution < 1.29 is 36.4 Å². The van der Waals surface area contributed by atoms with Gasteiger partial charge in [0.05, 0.1) is 6.26 Å². The Morgan fingerprint density at radius 2 is 1.94 bits per heavy atom. The Bertz CT molecular complexity index is 847. The van der Waals surface area contributed by atoms with Crippen molar-refractivity contribution in [3.63, 3.8) is 0 Å². The Labute approximate surface area is 215 Å². The van der Waals surface area contributed by atoms with Crippen molar-refractivity contribution in [3.05, 3.63) is 42.2 Å². The smallest absolute Gasteiger partial charge is 0.184 e. The molecule has 1 aromatic carbocycles. The van der Waals surface area contributed by atoms with Crippen LogP contribution < -0.4 is 10.1 Å². The summed E-state index contributed by atoms with van der Waals surface area (Å²) in [6.07, 6.45) is 4.62. The minimum atomic E-state index is -2.32. The number of allylic oxidation sites excluding steroid dienone is 1. The summed E-state index contributed by atoms with van der Waals surface area (Å²) in [6, 6.07) is 6.61. The zero-order valence-corrected chi connectivity index (χ0v) is 21.2. The first-order valence-corrected chi connectivity index (χ1v) is 13.2. The maximum absolute atomic E-state index is 11.6. The number of benzene rings is 1. The number of hydrogen-bond donors (Lipinski definition) is 6. The van der Waals surface area contributed by atoms with Crippen LogP contribution in [0.15, 0.2) is 36.6 Å². The number of aliphatic hydroxyl groups is 5. The number of hydrogen-bond acceptors (Lipinski definition) is 9. The third kappa shape index (κ3) is 7.26. The third-order valence-electron chi connectivity index (χ3n) is 6.96. The quantitative estimate of drug-likeness (QED) is 0.174. The van der Waals surface area contributed by atoms with Gasteiger partial charge in [-0.05, 0) is 36.6 Å². The maximum atomic E-state index is 11.6. The molecule has 0 aromatic heterocycles. The molecule has 0 bridgehead atoms. The van der Waals surface area contributed by atoms with Crippen molar-refractivity contribution in [1.29, 1.82) is 0 Å². The highest BCUT2D eigenvalue weighted by atomic mass is 16.6. The average Bonchev–Trinajstić information content (AvgIpc) is 2.90. The molecule has 9 heteroatoms. The molecule has 3 rings (SSSR count). The number of rotatable bonds is 13. The van der Waals surface area contributed by atoms with E-state index in [0.29, 0.717) is 17.9 Å². The van der Waals surface area contributed by atoms with E-state index in [0.717, 1.165) is 12.8 Å². The minimum Gasteiger partial charge on any atom is -0.465 e. The van der Waals surface area contributed by atoms with Gasteiger partial charge >= 0.3 is 0 Å². The molecule has 2 saturated heterocycles. The van der Waals surface area contributed by atoms with Crippen LogP contribution in [0.4, 0.5) is 0 Å². The molecule has 0 radical (unpaired) electrons. The van der Waals surface area contributed by atoms with E-state index in [1.54, 1.807) is 30.5 Å². The number of ether oxygens (including phenoxy) is 2. The van der Waals surface area contributed by atoms with E-state index >= 15 is 0 Å². The van der Waals surface area contributed by atoms with Crippen LogP contribution in [0.1, 0.15) is 71.3 Å². The zero-order chi connectivity index (χ0) is 26.8. The molecular weight excluding hydrogens is 464 g/mol. The fourth-order valence-corrected chi connectivity index (χ4v) is 4.80. The van der Waals surface area contributed by atoms with E-state index in [1.165, 1.54) is 43.4 Å². The standard InChI is InChI=1S/C27H44N2O7/c1-2-3-4-5-6-7-8-9-10-18-35-21-13-11-12-20(19-21)22(30)25-27(34,29-16-14-28-15-17-29)24(32)23(31)26(33)36-25/h10-13,18-19,22-26,28,30-34H,2-9,14-17H2,1H3/t22?,23-,24-,25-,26?,27-/m1/s1/i16D/t16?,22?,23-,24-,25-,26?,27-. The second kappa shape index (κ2) is 14.4. The Balaban J connectivity index is 1.64. The molecule has 2 aliphatic heterocycles. The number of aliphatic hydroxyl groups excluding tert-OH is 4. The van der Waals surface area contributed by atoms with Gasteiger partial charge in [-0.1, -0.05) is 57.6 Å². The SMILES string of the molecule is [2H]C1CNCCN1[C@]1(O)[C@@H](C(O)c2cccc(OC=CCCCCCCCCC)c2)OC(O)[C@H](O)[C@H]1O. The highest BCUT2D eigenvalue weighted by Crippen LogP contribution is 2.39. The van der Waals surface area contributed by atoms with Crippen molar-refractivity contribution >= 4 is 0 Å². The molecule has 3 unspecified atom stereocenters. The molecule has 1 aromatic rings. The van der Waals surface area contributed by atoms with E-state index in [-0.39, 0.29) is 13.1 Å². The first kappa shape index (κ1) is 27.5. The van der Waals surface area contributed by atoms with Gasteiger partial charge in [-0.3, -0.25) is 4.90 Å². The van der Waals surface area contributed by atoms with Crippen LogP contribution in [-0.2, 0) is 4.74 Å². The molecular formula is C27H44N2O7. The molecule has 0 aliphatic carbocycles. The van der Waals surface area contributed by atoms with Crippen LogP contribution in [0.5, 0.6) is 5.75 Å². The molecule has 7 atom stereocenters. The van der Waals surface area contributed by atoms with Crippen LogP contribution >= 0.6 is 0 Å². The van der Waals surface area contributed by atoms with E-state index in [9.17, 15) is 25.5 Å². The molecule has 2 aliphatic rings. The summed E-state index contributed by atoms with van der Waals surface area (Å²) in [4.78, 5) is 1.28. The van der Waals surface area contributed by atoms with Crippen LogP contribution in [0.25, 0.3) is 0 Å². The summed E-state index contributed by atoms with van der Waals surface area (Å²) in [5.74, 6) is 0.466. The topological polar surface area (TPSA) is 135 Å².